The van der Waals surface area contributed by atoms with Gasteiger partial charge in [0.25, 0.3) is 0 Å². The molecule has 2 N–H and O–H groups in total. The normalized spacial score (nSPS) is 10.7. The minimum Gasteiger partial charge on any atom is -0.496 e. The molecular weight excluding hydrogens is 481 g/mol. The molecule has 158 valence electrons. The third-order valence-electron chi connectivity index (χ3n) is 4.21. The lowest BCUT2D eigenvalue weighted by molar-refractivity contribution is 0.0597. The maximum absolute atomic E-state index is 11.9. The van der Waals surface area contributed by atoms with Crippen LogP contribution < -0.4 is 15.4 Å². The Labute approximate surface area is 190 Å². The first-order valence-corrected chi connectivity index (χ1v) is 9.49. The molecule has 0 amide bonds. The van der Waals surface area contributed by atoms with Crippen molar-refractivity contribution >= 4 is 35.9 Å². The Balaban J connectivity index is 0.00000420. The number of nitrogens with zero attached hydrogens (tertiary/aromatic N) is 1. The molecule has 0 spiro atoms. The maximum Gasteiger partial charge on any atom is 0.341 e. The van der Waals surface area contributed by atoms with Crippen LogP contribution in [0.4, 0.5) is 0 Å². The van der Waals surface area contributed by atoms with Crippen molar-refractivity contribution in [1.82, 2.24) is 10.6 Å². The Morgan fingerprint density at radius 1 is 1.03 bits per heavy atom. The number of hydrogen-bond donors (Lipinski definition) is 2. The van der Waals surface area contributed by atoms with Gasteiger partial charge in [0, 0.05) is 13.1 Å². The zero-order chi connectivity index (χ0) is 20.2. The molecule has 0 unspecified atom stereocenters. The van der Waals surface area contributed by atoms with E-state index in [-0.39, 0.29) is 24.0 Å². The van der Waals surface area contributed by atoms with Gasteiger partial charge in [0.2, 0.25) is 0 Å². The third kappa shape index (κ3) is 8.31. The van der Waals surface area contributed by atoms with Gasteiger partial charge in [-0.15, -0.1) is 24.0 Å². The van der Waals surface area contributed by atoms with Crippen molar-refractivity contribution in [3.8, 4) is 5.75 Å². The summed E-state index contributed by atoms with van der Waals surface area (Å²) in [7, 11) is 2.89. The fourth-order valence-corrected chi connectivity index (χ4v) is 2.78. The quantitative estimate of drug-likeness (QED) is 0.176. The first kappa shape index (κ1) is 24.7. The topological polar surface area (TPSA) is 72.0 Å². The first-order valence-electron chi connectivity index (χ1n) is 9.49. The van der Waals surface area contributed by atoms with Crippen molar-refractivity contribution < 1.29 is 14.3 Å². The highest BCUT2D eigenvalue weighted by atomic mass is 127. The van der Waals surface area contributed by atoms with E-state index in [1.54, 1.807) is 12.1 Å². The minimum absolute atomic E-state index is 0. The minimum atomic E-state index is -0.423. The average Bonchev–Trinajstić information content (AvgIpc) is 2.74. The van der Waals surface area contributed by atoms with Gasteiger partial charge in [-0.3, -0.25) is 0 Å². The Morgan fingerprint density at radius 3 is 2.45 bits per heavy atom. The van der Waals surface area contributed by atoms with Gasteiger partial charge in [-0.1, -0.05) is 36.4 Å². The second-order valence-corrected chi connectivity index (χ2v) is 6.24. The zero-order valence-corrected chi connectivity index (χ0v) is 19.6. The van der Waals surface area contributed by atoms with Crippen molar-refractivity contribution in [2.45, 2.75) is 26.3 Å². The van der Waals surface area contributed by atoms with Gasteiger partial charge in [0.15, 0.2) is 5.96 Å². The van der Waals surface area contributed by atoms with Gasteiger partial charge in [-0.25, -0.2) is 9.79 Å². The number of carbonyl (C=O) groups excluding carboxylic acids is 1. The van der Waals surface area contributed by atoms with Gasteiger partial charge in [0.1, 0.15) is 11.3 Å². The van der Waals surface area contributed by atoms with Crippen LogP contribution in [0.15, 0.2) is 53.5 Å². The number of methoxy groups -OCH3 is 2. The van der Waals surface area contributed by atoms with Crippen molar-refractivity contribution in [2.24, 2.45) is 4.99 Å². The lowest BCUT2D eigenvalue weighted by Gasteiger charge is -2.12. The standard InChI is InChI=1S/C22H29N3O3.HI/c1-4-23-22(24-14-8-11-17-9-6-5-7-10-17)25-16-18-12-13-20(27-2)19(15-18)21(26)28-3;/h5-7,9-10,12-13,15H,4,8,11,14,16H2,1-3H3,(H2,23,24,25);1H. The van der Waals surface area contributed by atoms with Crippen LogP contribution in [0.25, 0.3) is 0 Å². The monoisotopic (exact) mass is 511 g/mol. The number of hydrogen-bond acceptors (Lipinski definition) is 4. The highest BCUT2D eigenvalue weighted by molar-refractivity contribution is 14.0. The number of benzene rings is 2. The molecule has 7 heteroatoms. The highest BCUT2D eigenvalue weighted by Crippen LogP contribution is 2.21. The summed E-state index contributed by atoms with van der Waals surface area (Å²) in [6.07, 6.45) is 2.04. The largest absolute Gasteiger partial charge is 0.496 e. The summed E-state index contributed by atoms with van der Waals surface area (Å²) in [6.45, 7) is 4.09. The summed E-state index contributed by atoms with van der Waals surface area (Å²) in [4.78, 5) is 16.5. The summed E-state index contributed by atoms with van der Waals surface area (Å²) >= 11 is 0. The fraction of sp³-hybridized carbons (Fsp3) is 0.364. The summed E-state index contributed by atoms with van der Waals surface area (Å²) < 4.78 is 10.0. The van der Waals surface area contributed by atoms with Crippen LogP contribution in [-0.2, 0) is 17.7 Å². The van der Waals surface area contributed by atoms with E-state index >= 15 is 0 Å². The number of aliphatic imine (C=N–C) groups is 1. The molecule has 29 heavy (non-hydrogen) atoms. The average molecular weight is 511 g/mol. The van der Waals surface area contributed by atoms with E-state index in [0.717, 1.165) is 37.5 Å². The smallest absolute Gasteiger partial charge is 0.341 e. The molecule has 2 aromatic rings. The van der Waals surface area contributed by atoms with Crippen LogP contribution in [0.3, 0.4) is 0 Å². The molecule has 0 aliphatic carbocycles. The van der Waals surface area contributed by atoms with E-state index in [4.69, 9.17) is 9.47 Å². The molecule has 0 fully saturated rings. The predicted octanol–water partition coefficient (Wildman–Crippen LogP) is 3.79. The number of esters is 1. The van der Waals surface area contributed by atoms with E-state index < -0.39 is 5.97 Å². The Kier molecular flexibility index (Phi) is 11.8. The van der Waals surface area contributed by atoms with Crippen LogP contribution in [0.2, 0.25) is 0 Å². The van der Waals surface area contributed by atoms with Crippen molar-refractivity contribution in [3.63, 3.8) is 0 Å². The lowest BCUT2D eigenvalue weighted by atomic mass is 10.1. The van der Waals surface area contributed by atoms with Crippen molar-refractivity contribution in [2.75, 3.05) is 27.3 Å². The molecule has 0 bridgehead atoms. The Bertz CT molecular complexity index is 782. The maximum atomic E-state index is 11.9. The number of halogens is 1. The van der Waals surface area contributed by atoms with Crippen LogP contribution in [0.5, 0.6) is 5.75 Å². The molecule has 0 radical (unpaired) electrons. The molecule has 2 aromatic carbocycles. The van der Waals surface area contributed by atoms with Gasteiger partial charge < -0.3 is 20.1 Å². The number of ether oxygens (including phenoxy) is 2. The van der Waals surface area contributed by atoms with Gasteiger partial charge in [-0.05, 0) is 43.0 Å². The lowest BCUT2D eigenvalue weighted by Crippen LogP contribution is -2.37. The van der Waals surface area contributed by atoms with Gasteiger partial charge in [0.05, 0.1) is 20.8 Å². The summed E-state index contributed by atoms with van der Waals surface area (Å²) in [5.74, 6) is 0.824. The second kappa shape index (κ2) is 13.8. The highest BCUT2D eigenvalue weighted by Gasteiger charge is 2.13. The van der Waals surface area contributed by atoms with E-state index in [1.807, 2.05) is 19.1 Å². The Morgan fingerprint density at radius 2 is 1.79 bits per heavy atom. The van der Waals surface area contributed by atoms with Crippen LogP contribution >= 0.6 is 24.0 Å². The summed E-state index contributed by atoms with van der Waals surface area (Å²) in [5.41, 5.74) is 2.64. The molecule has 0 aliphatic heterocycles. The molecule has 0 aromatic heterocycles. The number of nitrogens with one attached hydrogen (secondary N) is 2. The molecule has 0 atom stereocenters. The molecule has 0 saturated heterocycles. The van der Waals surface area contributed by atoms with E-state index in [2.05, 4.69) is 39.9 Å². The fourth-order valence-electron chi connectivity index (χ4n) is 2.78. The van der Waals surface area contributed by atoms with Crippen LogP contribution in [0.1, 0.15) is 34.8 Å². The van der Waals surface area contributed by atoms with Crippen molar-refractivity contribution in [1.29, 1.82) is 0 Å². The summed E-state index contributed by atoms with van der Waals surface area (Å²) in [5, 5.41) is 6.60. The molecular formula is C22H30IN3O3. The SMILES string of the molecule is CCNC(=NCc1ccc(OC)c(C(=O)OC)c1)NCCCc1ccccc1.I. The number of aryl methyl sites for hydroxylation is 1. The molecule has 0 aliphatic rings. The predicted molar refractivity (Wildman–Crippen MR) is 127 cm³/mol. The van der Waals surface area contributed by atoms with Crippen LogP contribution in [0, 0.1) is 0 Å². The third-order valence-corrected chi connectivity index (χ3v) is 4.21. The molecule has 2 rings (SSSR count). The van der Waals surface area contributed by atoms with E-state index in [9.17, 15) is 4.79 Å². The summed E-state index contributed by atoms with van der Waals surface area (Å²) in [6, 6.07) is 15.8. The number of rotatable bonds is 9. The zero-order valence-electron chi connectivity index (χ0n) is 17.2. The van der Waals surface area contributed by atoms with Gasteiger partial charge >= 0.3 is 5.97 Å². The van der Waals surface area contributed by atoms with Crippen LogP contribution in [-0.4, -0.2) is 39.2 Å². The molecule has 6 nitrogen and oxygen atoms in total. The second-order valence-electron chi connectivity index (χ2n) is 6.24. The number of guanidine groups is 1. The van der Waals surface area contributed by atoms with E-state index in [0.29, 0.717) is 17.9 Å². The molecule has 0 saturated carbocycles. The number of carbonyl (C=O) groups is 1. The Hall–Kier alpha value is -2.29. The first-order chi connectivity index (χ1) is 13.7. The van der Waals surface area contributed by atoms with Crippen molar-refractivity contribution in [3.05, 3.63) is 65.2 Å². The van der Waals surface area contributed by atoms with Gasteiger partial charge in [-0.2, -0.15) is 0 Å². The van der Waals surface area contributed by atoms with E-state index in [1.165, 1.54) is 19.8 Å². The molecule has 0 heterocycles.